The largest absolute Gasteiger partial charge is 0.865 e. The molecule has 2 rings (SSSR count). The molecule has 0 aliphatic carbocycles. The summed E-state index contributed by atoms with van der Waals surface area (Å²) >= 11 is 0. The van der Waals surface area contributed by atoms with E-state index < -0.39 is 22.3 Å². The smallest absolute Gasteiger partial charge is 0.271 e. The number of methoxy groups -OCH3 is 2. The Morgan fingerprint density at radius 3 is 2.41 bits per heavy atom. The molecule has 29 heavy (non-hydrogen) atoms. The van der Waals surface area contributed by atoms with Gasteiger partial charge in [-0.3, -0.25) is 14.9 Å². The first kappa shape index (κ1) is 21.5. The molecule has 0 aromatic heterocycles. The summed E-state index contributed by atoms with van der Waals surface area (Å²) in [5.41, 5.74) is 2.14. The second-order valence-electron chi connectivity index (χ2n) is 6.06. The van der Waals surface area contributed by atoms with Crippen LogP contribution in [0.3, 0.4) is 0 Å². The third kappa shape index (κ3) is 5.34. The van der Waals surface area contributed by atoms with Gasteiger partial charge in [0.25, 0.3) is 11.6 Å². The first-order valence-electron chi connectivity index (χ1n) is 8.48. The number of benzene rings is 2. The molecule has 0 saturated carbocycles. The van der Waals surface area contributed by atoms with E-state index >= 15 is 0 Å². The molecule has 0 aliphatic heterocycles. The second-order valence-corrected chi connectivity index (χ2v) is 6.06. The number of rotatable bonds is 8. The molecule has 154 valence electrons. The van der Waals surface area contributed by atoms with E-state index in [1.165, 1.54) is 32.6 Å². The lowest BCUT2D eigenvalue weighted by molar-refractivity contribution is -0.398. The topological polar surface area (TPSA) is 135 Å². The van der Waals surface area contributed by atoms with Crippen molar-refractivity contribution >= 4 is 17.8 Å². The number of hydrogen-bond donors (Lipinski definition) is 1. The van der Waals surface area contributed by atoms with Gasteiger partial charge in [-0.1, -0.05) is 0 Å². The first-order chi connectivity index (χ1) is 13.8. The minimum atomic E-state index is -0.838. The molecular weight excluding hydrogens is 382 g/mol. The molecule has 0 bridgehead atoms. The fourth-order valence-corrected chi connectivity index (χ4v) is 2.36. The molecule has 0 unspecified atom stereocenters. The maximum absolute atomic E-state index is 12.3. The zero-order chi connectivity index (χ0) is 21.6. The summed E-state index contributed by atoms with van der Waals surface area (Å²) < 4.78 is 15.7. The minimum absolute atomic E-state index is 0.0604. The Morgan fingerprint density at radius 1 is 1.14 bits per heavy atom. The molecule has 0 atom stereocenters. The molecule has 0 saturated heterocycles. The average Bonchev–Trinajstić information content (AvgIpc) is 2.68. The van der Waals surface area contributed by atoms with Crippen molar-refractivity contribution in [1.82, 2.24) is 5.43 Å². The standard InChI is InChI=1S/C19H21N3O7/c1-11(2)29-15-6-5-13(9-16(15)27-3)19(24)21-20-10-12-7-14(22(25)26)18(23)17(8-12)28-4/h5-11,23H,1-4H3,(H,21,24)/p-1/b20-10-. The molecular formula is C19H20N3O7-. The number of hydrogen-bond acceptors (Lipinski definition) is 8. The van der Waals surface area contributed by atoms with Crippen LogP contribution in [0.25, 0.3) is 0 Å². The predicted octanol–water partition coefficient (Wildman–Crippen LogP) is 2.24. The lowest BCUT2D eigenvalue weighted by Crippen LogP contribution is -2.18. The van der Waals surface area contributed by atoms with Gasteiger partial charge in [0.05, 0.1) is 31.5 Å². The second kappa shape index (κ2) is 9.40. The highest BCUT2D eigenvalue weighted by atomic mass is 16.6. The van der Waals surface area contributed by atoms with Gasteiger partial charge in [0.2, 0.25) is 0 Å². The number of carbonyl (C=O) groups is 1. The van der Waals surface area contributed by atoms with Crippen LogP contribution in [0.15, 0.2) is 35.4 Å². The molecule has 0 spiro atoms. The normalized spacial score (nSPS) is 10.8. The summed E-state index contributed by atoms with van der Waals surface area (Å²) in [5.74, 6) is -0.675. The number of carbonyl (C=O) groups excluding carboxylic acids is 1. The molecule has 1 N–H and O–H groups in total. The average molecular weight is 402 g/mol. The quantitative estimate of drug-likeness (QED) is 0.406. The zero-order valence-corrected chi connectivity index (χ0v) is 16.3. The SMILES string of the molecule is COc1cc(C(=O)N/N=C\c2cc(OC)c([O-])c([N+](=O)[O-])c2)ccc1OC(C)C. The number of nitro groups is 1. The number of nitro benzene ring substituents is 1. The van der Waals surface area contributed by atoms with Crippen LogP contribution in [0.5, 0.6) is 23.0 Å². The lowest BCUT2D eigenvalue weighted by Gasteiger charge is -2.14. The number of ether oxygens (including phenoxy) is 3. The third-order valence-corrected chi connectivity index (χ3v) is 3.64. The summed E-state index contributed by atoms with van der Waals surface area (Å²) in [6.45, 7) is 3.74. The van der Waals surface area contributed by atoms with Gasteiger partial charge in [-0.15, -0.1) is 0 Å². The van der Waals surface area contributed by atoms with Crippen molar-refractivity contribution in [1.29, 1.82) is 0 Å². The van der Waals surface area contributed by atoms with E-state index in [0.717, 1.165) is 6.07 Å². The molecule has 10 nitrogen and oxygen atoms in total. The Kier molecular flexibility index (Phi) is 6.96. The van der Waals surface area contributed by atoms with Crippen LogP contribution < -0.4 is 24.7 Å². The van der Waals surface area contributed by atoms with Crippen LogP contribution in [0.1, 0.15) is 29.8 Å². The summed E-state index contributed by atoms with van der Waals surface area (Å²) in [7, 11) is 2.69. The van der Waals surface area contributed by atoms with Crippen molar-refractivity contribution < 1.29 is 29.0 Å². The van der Waals surface area contributed by atoms with Crippen LogP contribution in [0.4, 0.5) is 5.69 Å². The monoisotopic (exact) mass is 402 g/mol. The van der Waals surface area contributed by atoms with Crippen molar-refractivity contribution in [2.24, 2.45) is 5.10 Å². The summed E-state index contributed by atoms with van der Waals surface area (Å²) in [5, 5.41) is 26.6. The fourth-order valence-electron chi connectivity index (χ4n) is 2.36. The van der Waals surface area contributed by atoms with Crippen molar-refractivity contribution in [3.8, 4) is 23.0 Å². The molecule has 0 heterocycles. The third-order valence-electron chi connectivity index (χ3n) is 3.64. The Labute approximate surface area is 166 Å². The van der Waals surface area contributed by atoms with E-state index in [1.54, 1.807) is 12.1 Å². The number of hydrazone groups is 1. The van der Waals surface area contributed by atoms with Gasteiger partial charge in [-0.25, -0.2) is 5.43 Å². The van der Waals surface area contributed by atoms with Crippen LogP contribution >= 0.6 is 0 Å². The van der Waals surface area contributed by atoms with Crippen LogP contribution in [0, 0.1) is 10.1 Å². The van der Waals surface area contributed by atoms with Gasteiger partial charge in [0.15, 0.2) is 11.5 Å². The van der Waals surface area contributed by atoms with Gasteiger partial charge in [-0.05, 0) is 38.1 Å². The maximum atomic E-state index is 12.3. The first-order valence-corrected chi connectivity index (χ1v) is 8.48. The van der Waals surface area contributed by atoms with Crippen LogP contribution in [-0.2, 0) is 0 Å². The fraction of sp³-hybridized carbons (Fsp3) is 0.263. The van der Waals surface area contributed by atoms with Gasteiger partial charge in [-0.2, -0.15) is 5.10 Å². The highest BCUT2D eigenvalue weighted by Gasteiger charge is 2.14. The number of amides is 1. The Bertz CT molecular complexity index is 942. The van der Waals surface area contributed by atoms with Crippen molar-refractivity contribution in [2.75, 3.05) is 14.2 Å². The summed E-state index contributed by atoms with van der Waals surface area (Å²) in [6.07, 6.45) is 1.11. The number of nitrogens with zero attached hydrogens (tertiary/aromatic N) is 2. The molecule has 0 aliphatic rings. The van der Waals surface area contributed by atoms with Gasteiger partial charge in [0.1, 0.15) is 5.75 Å². The Balaban J connectivity index is 2.17. The Hall–Kier alpha value is -3.82. The zero-order valence-electron chi connectivity index (χ0n) is 16.3. The van der Waals surface area contributed by atoms with E-state index in [4.69, 9.17) is 14.2 Å². The van der Waals surface area contributed by atoms with Crippen molar-refractivity contribution in [2.45, 2.75) is 20.0 Å². The van der Waals surface area contributed by atoms with E-state index in [0.29, 0.717) is 11.5 Å². The predicted molar refractivity (Wildman–Crippen MR) is 103 cm³/mol. The van der Waals surface area contributed by atoms with E-state index in [2.05, 4.69) is 10.5 Å². The highest BCUT2D eigenvalue weighted by Crippen LogP contribution is 2.34. The van der Waals surface area contributed by atoms with Crippen molar-refractivity contribution in [3.05, 3.63) is 51.6 Å². The summed E-state index contributed by atoms with van der Waals surface area (Å²) in [4.78, 5) is 22.5. The van der Waals surface area contributed by atoms with Crippen molar-refractivity contribution in [3.63, 3.8) is 0 Å². The molecule has 10 heteroatoms. The molecule has 2 aromatic carbocycles. The number of nitrogens with one attached hydrogen (secondary N) is 1. The minimum Gasteiger partial charge on any atom is -0.865 e. The van der Waals surface area contributed by atoms with Gasteiger partial charge in [0, 0.05) is 22.9 Å². The van der Waals surface area contributed by atoms with Crippen LogP contribution in [0.2, 0.25) is 0 Å². The molecule has 1 amide bonds. The highest BCUT2D eigenvalue weighted by molar-refractivity contribution is 5.95. The molecule has 2 aromatic rings. The lowest BCUT2D eigenvalue weighted by atomic mass is 10.2. The van der Waals surface area contributed by atoms with Crippen LogP contribution in [-0.4, -0.2) is 37.4 Å². The van der Waals surface area contributed by atoms with Gasteiger partial charge >= 0.3 is 0 Å². The van der Waals surface area contributed by atoms with E-state index in [9.17, 15) is 20.0 Å². The van der Waals surface area contributed by atoms with E-state index in [-0.39, 0.29) is 23.0 Å². The van der Waals surface area contributed by atoms with Gasteiger partial charge < -0.3 is 19.3 Å². The van der Waals surface area contributed by atoms with E-state index in [1.807, 2.05) is 13.8 Å². The summed E-state index contributed by atoms with van der Waals surface area (Å²) in [6, 6.07) is 6.99. The molecule has 0 radical (unpaired) electrons. The molecule has 0 fully saturated rings. The maximum Gasteiger partial charge on any atom is 0.271 e. The Morgan fingerprint density at radius 2 is 1.83 bits per heavy atom.